The van der Waals surface area contributed by atoms with Gasteiger partial charge in [-0.05, 0) is 48.2 Å². The Hall–Kier alpha value is -3.60. The van der Waals surface area contributed by atoms with Gasteiger partial charge in [0.2, 0.25) is 0 Å². The van der Waals surface area contributed by atoms with Crippen LogP contribution in [-0.4, -0.2) is 36.5 Å². The normalized spacial score (nSPS) is 15.9. The molecule has 0 aliphatic carbocycles. The number of anilines is 2. The quantitative estimate of drug-likeness (QED) is 0.623. The van der Waals surface area contributed by atoms with E-state index in [1.165, 1.54) is 5.56 Å². The van der Waals surface area contributed by atoms with Gasteiger partial charge in [0.05, 0.1) is 0 Å². The summed E-state index contributed by atoms with van der Waals surface area (Å²) in [5, 5.41) is 0. The van der Waals surface area contributed by atoms with E-state index in [2.05, 4.69) is 6.07 Å². The van der Waals surface area contributed by atoms with Crippen LogP contribution >= 0.6 is 0 Å². The average Bonchev–Trinajstić information content (AvgIpc) is 3.25. The third-order valence-electron chi connectivity index (χ3n) is 6.06. The smallest absolute Gasteiger partial charge is 0.320 e. The number of benzene rings is 3. The van der Waals surface area contributed by atoms with Gasteiger partial charge >= 0.3 is 6.03 Å². The van der Waals surface area contributed by atoms with Crippen molar-refractivity contribution >= 4 is 23.3 Å². The molecule has 3 aromatic rings. The third kappa shape index (κ3) is 3.79. The van der Waals surface area contributed by atoms with Crippen LogP contribution in [0.2, 0.25) is 0 Å². The van der Waals surface area contributed by atoms with Gasteiger partial charge in [-0.2, -0.15) is 0 Å². The zero-order chi connectivity index (χ0) is 21.2. The van der Waals surface area contributed by atoms with Crippen molar-refractivity contribution < 1.29 is 9.59 Å². The second-order valence-corrected chi connectivity index (χ2v) is 8.08. The summed E-state index contributed by atoms with van der Waals surface area (Å²) in [4.78, 5) is 31.9. The van der Waals surface area contributed by atoms with Crippen LogP contribution in [0.15, 0.2) is 78.9 Å². The molecule has 3 amide bonds. The number of hydrogen-bond donors (Lipinski definition) is 0. The van der Waals surface area contributed by atoms with E-state index in [1.54, 1.807) is 4.90 Å². The second-order valence-electron chi connectivity index (χ2n) is 8.08. The lowest BCUT2D eigenvalue weighted by atomic mass is 10.1. The minimum atomic E-state index is -0.0163. The van der Waals surface area contributed by atoms with Crippen LogP contribution in [0, 0.1) is 0 Å². The van der Waals surface area contributed by atoms with E-state index in [9.17, 15) is 9.59 Å². The molecule has 0 radical (unpaired) electrons. The maximum absolute atomic E-state index is 13.2. The fourth-order valence-electron chi connectivity index (χ4n) is 4.48. The van der Waals surface area contributed by atoms with Crippen molar-refractivity contribution in [3.05, 3.63) is 95.6 Å². The first-order valence-electron chi connectivity index (χ1n) is 10.8. The van der Waals surface area contributed by atoms with Crippen molar-refractivity contribution in [1.29, 1.82) is 0 Å². The number of amides is 3. The van der Waals surface area contributed by atoms with Gasteiger partial charge in [0, 0.05) is 43.1 Å². The van der Waals surface area contributed by atoms with Gasteiger partial charge < -0.3 is 9.80 Å². The zero-order valence-corrected chi connectivity index (χ0v) is 17.4. The molecule has 3 aromatic carbocycles. The van der Waals surface area contributed by atoms with Crippen molar-refractivity contribution in [2.45, 2.75) is 19.4 Å². The van der Waals surface area contributed by atoms with Crippen LogP contribution in [0.25, 0.3) is 0 Å². The molecule has 1 saturated heterocycles. The number of hydrogen-bond acceptors (Lipinski definition) is 2. The van der Waals surface area contributed by atoms with E-state index in [0.717, 1.165) is 36.3 Å². The van der Waals surface area contributed by atoms with E-state index in [4.69, 9.17) is 0 Å². The predicted octanol–water partition coefficient (Wildman–Crippen LogP) is 4.72. The second kappa shape index (κ2) is 8.26. The van der Waals surface area contributed by atoms with Crippen LogP contribution in [0.1, 0.15) is 27.9 Å². The van der Waals surface area contributed by atoms with Gasteiger partial charge in [-0.1, -0.05) is 54.6 Å². The molecule has 0 spiro atoms. The van der Waals surface area contributed by atoms with E-state index in [0.29, 0.717) is 25.2 Å². The molecule has 5 rings (SSSR count). The van der Waals surface area contributed by atoms with E-state index in [-0.39, 0.29) is 11.9 Å². The number of para-hydroxylation sites is 1. The molecule has 0 bridgehead atoms. The zero-order valence-electron chi connectivity index (χ0n) is 17.4. The Morgan fingerprint density at radius 2 is 1.65 bits per heavy atom. The minimum absolute atomic E-state index is 0.00813. The Morgan fingerprint density at radius 3 is 2.52 bits per heavy atom. The number of urea groups is 1. The van der Waals surface area contributed by atoms with Crippen LogP contribution < -0.4 is 9.80 Å². The van der Waals surface area contributed by atoms with Crippen LogP contribution in [-0.2, 0) is 13.0 Å². The largest absolute Gasteiger partial charge is 0.324 e. The van der Waals surface area contributed by atoms with Crippen molar-refractivity contribution in [3.8, 4) is 0 Å². The Morgan fingerprint density at radius 1 is 0.839 bits per heavy atom. The molecule has 2 heterocycles. The molecule has 31 heavy (non-hydrogen) atoms. The summed E-state index contributed by atoms with van der Waals surface area (Å²) in [7, 11) is 0. The standard InChI is InChI=1S/C26H25N3O2/c30-25(29-17-14-21-10-4-5-13-24(21)29)22-11-6-12-23(18-22)28-16-7-15-27(26(28)31)19-20-8-2-1-3-9-20/h1-6,8-13,18H,7,14-17,19H2. The number of nitrogens with zero attached hydrogens (tertiary/aromatic N) is 3. The highest BCUT2D eigenvalue weighted by molar-refractivity contribution is 6.08. The summed E-state index contributed by atoms with van der Waals surface area (Å²) in [5.74, 6) is -0.0163. The first-order chi connectivity index (χ1) is 15.2. The molecule has 5 heteroatoms. The molecule has 0 N–H and O–H groups in total. The lowest BCUT2D eigenvalue weighted by Crippen LogP contribution is -2.49. The monoisotopic (exact) mass is 411 g/mol. The maximum atomic E-state index is 13.2. The molecular weight excluding hydrogens is 386 g/mol. The predicted molar refractivity (Wildman–Crippen MR) is 122 cm³/mol. The first kappa shape index (κ1) is 19.4. The lowest BCUT2D eigenvalue weighted by molar-refractivity contribution is 0.0989. The average molecular weight is 412 g/mol. The molecule has 0 unspecified atom stereocenters. The lowest BCUT2D eigenvalue weighted by Gasteiger charge is -2.36. The number of fused-ring (bicyclic) bond motifs is 1. The summed E-state index contributed by atoms with van der Waals surface area (Å²) in [6.07, 6.45) is 1.77. The molecule has 0 saturated carbocycles. The van der Waals surface area contributed by atoms with Crippen molar-refractivity contribution in [2.75, 3.05) is 29.4 Å². The molecule has 0 aromatic heterocycles. The molecule has 156 valence electrons. The van der Waals surface area contributed by atoms with E-state index >= 15 is 0 Å². The summed E-state index contributed by atoms with van der Waals surface area (Å²) in [6.45, 7) is 2.69. The van der Waals surface area contributed by atoms with Crippen LogP contribution in [0.3, 0.4) is 0 Å². The van der Waals surface area contributed by atoms with Crippen molar-refractivity contribution in [3.63, 3.8) is 0 Å². The minimum Gasteiger partial charge on any atom is -0.320 e. The van der Waals surface area contributed by atoms with E-state index < -0.39 is 0 Å². The van der Waals surface area contributed by atoms with Crippen molar-refractivity contribution in [1.82, 2.24) is 4.90 Å². The van der Waals surface area contributed by atoms with Gasteiger partial charge in [0.1, 0.15) is 0 Å². The molecule has 1 fully saturated rings. The Kier molecular flexibility index (Phi) is 5.16. The van der Waals surface area contributed by atoms with Gasteiger partial charge in [-0.15, -0.1) is 0 Å². The fourth-order valence-corrected chi connectivity index (χ4v) is 4.48. The molecule has 2 aliphatic heterocycles. The summed E-state index contributed by atoms with van der Waals surface area (Å²) >= 11 is 0. The van der Waals surface area contributed by atoms with Crippen LogP contribution in [0.4, 0.5) is 16.2 Å². The van der Waals surface area contributed by atoms with Gasteiger partial charge in [0.15, 0.2) is 0 Å². The van der Waals surface area contributed by atoms with Gasteiger partial charge in [-0.3, -0.25) is 9.69 Å². The summed E-state index contributed by atoms with van der Waals surface area (Å²) in [6, 6.07) is 25.6. The van der Waals surface area contributed by atoms with Gasteiger partial charge in [0.25, 0.3) is 5.91 Å². The summed E-state index contributed by atoms with van der Waals surface area (Å²) < 4.78 is 0. The number of rotatable bonds is 4. The number of carbonyl (C=O) groups is 2. The third-order valence-corrected chi connectivity index (χ3v) is 6.06. The van der Waals surface area contributed by atoms with Gasteiger partial charge in [-0.25, -0.2) is 4.79 Å². The number of carbonyl (C=O) groups excluding carboxylic acids is 2. The first-order valence-corrected chi connectivity index (χ1v) is 10.8. The maximum Gasteiger partial charge on any atom is 0.324 e. The highest BCUT2D eigenvalue weighted by atomic mass is 16.2. The van der Waals surface area contributed by atoms with Crippen LogP contribution in [0.5, 0.6) is 0 Å². The summed E-state index contributed by atoms with van der Waals surface area (Å²) in [5.41, 5.74) is 4.70. The molecule has 5 nitrogen and oxygen atoms in total. The molecule has 0 atom stereocenters. The van der Waals surface area contributed by atoms with Crippen molar-refractivity contribution in [2.24, 2.45) is 0 Å². The highest BCUT2D eigenvalue weighted by Gasteiger charge is 2.29. The Labute approximate surface area is 182 Å². The topological polar surface area (TPSA) is 43.9 Å². The highest BCUT2D eigenvalue weighted by Crippen LogP contribution is 2.30. The van der Waals surface area contributed by atoms with E-state index in [1.807, 2.05) is 82.6 Å². The fraction of sp³-hybridized carbons (Fsp3) is 0.231. The Bertz CT molecular complexity index is 1110. The SMILES string of the molecule is O=C1N(Cc2ccccc2)CCCN1c1cccc(C(=O)N2CCc3ccccc32)c1. The Balaban J connectivity index is 1.36. The molecular formula is C26H25N3O2. The molecule has 2 aliphatic rings.